The van der Waals surface area contributed by atoms with Crippen LogP contribution in [-0.2, 0) is 17.7 Å². The summed E-state index contributed by atoms with van der Waals surface area (Å²) >= 11 is 5.95. The quantitative estimate of drug-likeness (QED) is 0.626. The number of carbonyl (C=O) groups excluding carboxylic acids is 2. The Hall–Kier alpha value is -3.12. The minimum absolute atomic E-state index is 0.234. The van der Waals surface area contributed by atoms with E-state index in [9.17, 15) is 9.59 Å². The molecule has 0 saturated heterocycles. The minimum atomic E-state index is -0.534. The Bertz CT molecular complexity index is 1040. The number of halogens is 1. The Morgan fingerprint density at radius 2 is 1.82 bits per heavy atom. The van der Waals surface area contributed by atoms with E-state index in [2.05, 4.69) is 5.16 Å². The summed E-state index contributed by atoms with van der Waals surface area (Å²) in [6.45, 7) is 0.823. The maximum atomic E-state index is 13.0. The van der Waals surface area contributed by atoms with E-state index in [1.54, 1.807) is 41.3 Å². The number of hydrogen-bond acceptors (Lipinski definition) is 5. The molecule has 28 heavy (non-hydrogen) atoms. The van der Waals surface area contributed by atoms with E-state index in [1.165, 1.54) is 7.11 Å². The van der Waals surface area contributed by atoms with E-state index in [1.807, 2.05) is 12.1 Å². The summed E-state index contributed by atoms with van der Waals surface area (Å²) in [5, 5.41) is 4.81. The molecule has 0 spiro atoms. The summed E-state index contributed by atoms with van der Waals surface area (Å²) in [7, 11) is 1.30. The molecule has 7 heteroatoms. The summed E-state index contributed by atoms with van der Waals surface area (Å²) in [5.74, 6) is -0.0653. The van der Waals surface area contributed by atoms with Crippen LogP contribution < -0.4 is 0 Å². The van der Waals surface area contributed by atoms with E-state index >= 15 is 0 Å². The largest absolute Gasteiger partial charge is 0.465 e. The number of esters is 1. The van der Waals surface area contributed by atoms with Gasteiger partial charge in [0, 0.05) is 22.7 Å². The Kier molecular flexibility index (Phi) is 4.88. The highest BCUT2D eigenvalue weighted by Gasteiger charge is 2.29. The molecule has 1 amide bonds. The maximum absolute atomic E-state index is 13.0. The molecule has 1 aliphatic rings. The summed E-state index contributed by atoms with van der Waals surface area (Å²) in [4.78, 5) is 26.6. The van der Waals surface area contributed by atoms with Crippen molar-refractivity contribution in [3.63, 3.8) is 0 Å². The van der Waals surface area contributed by atoms with E-state index in [0.717, 1.165) is 16.8 Å². The monoisotopic (exact) mass is 396 g/mol. The number of aromatic nitrogens is 1. The molecule has 0 radical (unpaired) electrons. The molecule has 4 rings (SSSR count). The standard InChI is InChI=1S/C21H17ClN2O4/c1-27-21(26)16-5-3-2-4-15(16)20(25)24-11-10-17-18(12-24)23-28-19(17)13-6-8-14(22)9-7-13/h2-9H,10-12H2,1H3. The van der Waals surface area contributed by atoms with Crippen LogP contribution in [0.5, 0.6) is 0 Å². The Labute approximate surface area is 166 Å². The first kappa shape index (κ1) is 18.3. The molecule has 0 aliphatic carbocycles. The zero-order valence-corrected chi connectivity index (χ0v) is 15.9. The van der Waals surface area contributed by atoms with E-state index in [4.69, 9.17) is 20.9 Å². The fourth-order valence-electron chi connectivity index (χ4n) is 3.36. The number of ether oxygens (including phenoxy) is 1. The van der Waals surface area contributed by atoms with Gasteiger partial charge < -0.3 is 14.2 Å². The molecule has 1 aromatic heterocycles. The number of carbonyl (C=O) groups is 2. The lowest BCUT2D eigenvalue weighted by atomic mass is 9.99. The van der Waals surface area contributed by atoms with E-state index in [0.29, 0.717) is 35.9 Å². The maximum Gasteiger partial charge on any atom is 0.338 e. The lowest BCUT2D eigenvalue weighted by molar-refractivity contribution is 0.0588. The van der Waals surface area contributed by atoms with Gasteiger partial charge in [-0.25, -0.2) is 4.79 Å². The van der Waals surface area contributed by atoms with Crippen molar-refractivity contribution in [2.75, 3.05) is 13.7 Å². The molecule has 0 fully saturated rings. The van der Waals surface area contributed by atoms with Gasteiger partial charge >= 0.3 is 5.97 Å². The summed E-state index contributed by atoms with van der Waals surface area (Å²) in [6, 6.07) is 14.0. The second-order valence-electron chi connectivity index (χ2n) is 6.46. The third kappa shape index (κ3) is 3.27. The van der Waals surface area contributed by atoms with Crippen molar-refractivity contribution in [1.82, 2.24) is 10.1 Å². The van der Waals surface area contributed by atoms with Crippen LogP contribution in [0.3, 0.4) is 0 Å². The minimum Gasteiger partial charge on any atom is -0.465 e. The molecule has 2 heterocycles. The van der Waals surface area contributed by atoms with Gasteiger partial charge in [-0.05, 0) is 42.8 Å². The molecule has 2 aromatic carbocycles. The zero-order valence-electron chi connectivity index (χ0n) is 15.1. The molecule has 6 nitrogen and oxygen atoms in total. The van der Waals surface area contributed by atoms with Crippen molar-refractivity contribution in [3.05, 3.63) is 75.9 Å². The van der Waals surface area contributed by atoms with E-state index < -0.39 is 5.97 Å². The highest BCUT2D eigenvalue weighted by Crippen LogP contribution is 2.31. The van der Waals surface area contributed by atoms with Crippen LogP contribution in [0.25, 0.3) is 11.3 Å². The Morgan fingerprint density at radius 1 is 1.11 bits per heavy atom. The fourth-order valence-corrected chi connectivity index (χ4v) is 3.49. The van der Waals surface area contributed by atoms with Gasteiger partial charge in [0.05, 0.1) is 24.8 Å². The van der Waals surface area contributed by atoms with Gasteiger partial charge in [-0.1, -0.05) is 28.9 Å². The van der Waals surface area contributed by atoms with Crippen molar-refractivity contribution >= 4 is 23.5 Å². The summed E-state index contributed by atoms with van der Waals surface area (Å²) < 4.78 is 10.3. The Balaban J connectivity index is 1.60. The highest BCUT2D eigenvalue weighted by molar-refractivity contribution is 6.30. The Morgan fingerprint density at radius 3 is 2.54 bits per heavy atom. The second kappa shape index (κ2) is 7.48. The number of rotatable bonds is 3. The van der Waals surface area contributed by atoms with Gasteiger partial charge in [-0.3, -0.25) is 4.79 Å². The number of amides is 1. The molecular weight excluding hydrogens is 380 g/mol. The molecule has 1 aliphatic heterocycles. The van der Waals surface area contributed by atoms with Crippen LogP contribution in [0, 0.1) is 0 Å². The molecule has 0 N–H and O–H groups in total. The van der Waals surface area contributed by atoms with Gasteiger partial charge in [0.1, 0.15) is 5.69 Å². The number of nitrogens with zero attached hydrogens (tertiary/aromatic N) is 2. The molecule has 0 unspecified atom stereocenters. The molecule has 3 aromatic rings. The van der Waals surface area contributed by atoms with Crippen molar-refractivity contribution < 1.29 is 18.8 Å². The number of methoxy groups -OCH3 is 1. The van der Waals surface area contributed by atoms with Crippen LogP contribution in [0.15, 0.2) is 53.1 Å². The smallest absolute Gasteiger partial charge is 0.338 e. The van der Waals surface area contributed by atoms with Crippen molar-refractivity contribution in [1.29, 1.82) is 0 Å². The average Bonchev–Trinajstić information content (AvgIpc) is 3.16. The molecule has 0 bridgehead atoms. The van der Waals surface area contributed by atoms with Crippen LogP contribution in [0.4, 0.5) is 0 Å². The van der Waals surface area contributed by atoms with Crippen LogP contribution in [0.2, 0.25) is 5.02 Å². The van der Waals surface area contributed by atoms with Crippen LogP contribution in [0.1, 0.15) is 32.0 Å². The lowest BCUT2D eigenvalue weighted by Gasteiger charge is -2.26. The fraction of sp³-hybridized carbons (Fsp3) is 0.190. The first-order chi connectivity index (χ1) is 13.6. The summed E-state index contributed by atoms with van der Waals surface area (Å²) in [5.41, 5.74) is 3.18. The predicted octanol–water partition coefficient (Wildman–Crippen LogP) is 3.98. The second-order valence-corrected chi connectivity index (χ2v) is 6.89. The van der Waals surface area contributed by atoms with Gasteiger partial charge in [-0.15, -0.1) is 0 Å². The topological polar surface area (TPSA) is 72.6 Å². The first-order valence-corrected chi connectivity index (χ1v) is 9.16. The lowest BCUT2D eigenvalue weighted by Crippen LogP contribution is -2.36. The SMILES string of the molecule is COC(=O)c1ccccc1C(=O)N1CCc2c(noc2-c2ccc(Cl)cc2)C1. The van der Waals surface area contributed by atoms with Crippen molar-refractivity contribution in [2.24, 2.45) is 0 Å². The first-order valence-electron chi connectivity index (χ1n) is 8.78. The molecular formula is C21H17ClN2O4. The van der Waals surface area contributed by atoms with Gasteiger partial charge in [0.25, 0.3) is 5.91 Å². The van der Waals surface area contributed by atoms with Crippen LogP contribution >= 0.6 is 11.6 Å². The third-order valence-electron chi connectivity index (χ3n) is 4.80. The predicted molar refractivity (Wildman–Crippen MR) is 103 cm³/mol. The summed E-state index contributed by atoms with van der Waals surface area (Å²) in [6.07, 6.45) is 0.614. The number of benzene rings is 2. The highest BCUT2D eigenvalue weighted by atomic mass is 35.5. The molecule has 0 saturated carbocycles. The van der Waals surface area contributed by atoms with Crippen molar-refractivity contribution in [2.45, 2.75) is 13.0 Å². The molecule has 142 valence electrons. The number of fused-ring (bicyclic) bond motifs is 1. The number of hydrogen-bond donors (Lipinski definition) is 0. The normalized spacial score (nSPS) is 13.1. The van der Waals surface area contributed by atoms with Gasteiger partial charge in [0.15, 0.2) is 5.76 Å². The average molecular weight is 397 g/mol. The van der Waals surface area contributed by atoms with Crippen LogP contribution in [-0.4, -0.2) is 35.6 Å². The van der Waals surface area contributed by atoms with Gasteiger partial charge in [-0.2, -0.15) is 0 Å². The third-order valence-corrected chi connectivity index (χ3v) is 5.05. The van der Waals surface area contributed by atoms with Gasteiger partial charge in [0.2, 0.25) is 0 Å². The zero-order chi connectivity index (χ0) is 19.7. The van der Waals surface area contributed by atoms with E-state index in [-0.39, 0.29) is 11.5 Å². The molecule has 0 atom stereocenters. The van der Waals surface area contributed by atoms with Crippen molar-refractivity contribution in [3.8, 4) is 11.3 Å².